The van der Waals surface area contributed by atoms with Crippen LogP contribution in [-0.2, 0) is 19.1 Å². The monoisotopic (exact) mass is 583 g/mol. The summed E-state index contributed by atoms with van der Waals surface area (Å²) >= 11 is 6.92. The van der Waals surface area contributed by atoms with Crippen molar-refractivity contribution in [2.24, 2.45) is 0 Å². The zero-order valence-corrected chi connectivity index (χ0v) is 25.8. The van der Waals surface area contributed by atoms with Gasteiger partial charge in [-0.15, -0.1) is 11.3 Å². The van der Waals surface area contributed by atoms with Gasteiger partial charge in [0.2, 0.25) is 6.41 Å². The Kier molecular flexibility index (Phi) is 18.5. The Morgan fingerprint density at radius 1 is 0.974 bits per heavy atom. The van der Waals surface area contributed by atoms with E-state index < -0.39 is 18.1 Å². The third kappa shape index (κ3) is 10.3. The molecule has 9 nitrogen and oxygen atoms in total. The molecule has 1 aromatic carbocycles. The van der Waals surface area contributed by atoms with E-state index in [-0.39, 0.29) is 25.6 Å². The fourth-order valence-electron chi connectivity index (χ4n) is 3.39. The number of imide groups is 1. The number of benzene rings is 1. The average Bonchev–Trinajstić information content (AvgIpc) is 3.61. The van der Waals surface area contributed by atoms with Gasteiger partial charge in [-0.25, -0.2) is 4.79 Å². The molecule has 11 heteroatoms. The summed E-state index contributed by atoms with van der Waals surface area (Å²) in [6, 6.07) is 10.1. The highest BCUT2D eigenvalue weighted by atomic mass is 35.5. The van der Waals surface area contributed by atoms with Gasteiger partial charge in [0.05, 0.1) is 28.9 Å². The molecule has 0 spiro atoms. The summed E-state index contributed by atoms with van der Waals surface area (Å²) in [4.78, 5) is 52.6. The minimum atomic E-state index is -0.669. The second kappa shape index (κ2) is 20.0. The molecule has 218 valence electrons. The molecule has 4 rings (SSSR count). The van der Waals surface area contributed by atoms with Gasteiger partial charge in [0.15, 0.2) is 0 Å². The topological polar surface area (TPSA) is 96.5 Å². The Balaban J connectivity index is 0.00000166. The van der Waals surface area contributed by atoms with E-state index in [1.165, 1.54) is 4.90 Å². The number of halogens is 1. The van der Waals surface area contributed by atoms with E-state index in [0.29, 0.717) is 40.1 Å². The van der Waals surface area contributed by atoms with Crippen LogP contribution in [0.25, 0.3) is 0 Å². The fraction of sp³-hybridized carbons (Fsp3) is 0.500. The van der Waals surface area contributed by atoms with Gasteiger partial charge in [-0.2, -0.15) is 0 Å². The van der Waals surface area contributed by atoms with Crippen molar-refractivity contribution in [2.75, 3.05) is 42.6 Å². The van der Waals surface area contributed by atoms with E-state index in [0.717, 1.165) is 16.2 Å². The van der Waals surface area contributed by atoms with E-state index in [2.05, 4.69) is 0 Å². The Bertz CT molecular complexity index is 1010. The van der Waals surface area contributed by atoms with Gasteiger partial charge in [0.1, 0.15) is 12.7 Å². The molecule has 2 aliphatic heterocycles. The second-order valence-corrected chi connectivity index (χ2v) is 8.61. The van der Waals surface area contributed by atoms with Crippen molar-refractivity contribution in [3.63, 3.8) is 0 Å². The molecule has 0 radical (unpaired) electrons. The van der Waals surface area contributed by atoms with Crippen molar-refractivity contribution in [1.29, 1.82) is 0 Å². The van der Waals surface area contributed by atoms with Crippen LogP contribution in [0.15, 0.2) is 36.4 Å². The van der Waals surface area contributed by atoms with Crippen molar-refractivity contribution in [1.82, 2.24) is 4.90 Å². The molecule has 2 aromatic rings. The van der Waals surface area contributed by atoms with Crippen LogP contribution >= 0.6 is 22.9 Å². The molecule has 2 fully saturated rings. The maximum atomic E-state index is 12.5. The Morgan fingerprint density at radius 3 is 2.03 bits per heavy atom. The van der Waals surface area contributed by atoms with Crippen molar-refractivity contribution in [2.45, 2.75) is 61.5 Å². The molecular formula is C28H42ClN3O6S. The van der Waals surface area contributed by atoms with E-state index in [1.54, 1.807) is 41.3 Å². The molecule has 2 saturated heterocycles. The highest BCUT2D eigenvalue weighted by molar-refractivity contribution is 7.18. The molecule has 0 aliphatic carbocycles. The molecule has 1 aromatic heterocycles. The van der Waals surface area contributed by atoms with Gasteiger partial charge >= 0.3 is 6.09 Å². The van der Waals surface area contributed by atoms with Gasteiger partial charge in [0, 0.05) is 17.9 Å². The standard InChI is InChI=1S/C20H18ClN3O6S.4C2H6/c21-17-6-5-16(31-17)19(27)22(12-25)9-15-10-24(20(28)30-15)14-3-1-13(2-4-14)23-7-8-29-11-18(23)26;4*1-2/h1-6,12,15H,7-11H2;4*1-2H3. The summed E-state index contributed by atoms with van der Waals surface area (Å²) < 4.78 is 10.9. The third-order valence-electron chi connectivity index (χ3n) is 4.91. The molecule has 0 N–H and O–H groups in total. The Hall–Kier alpha value is -2.95. The van der Waals surface area contributed by atoms with Crippen LogP contribution in [0, 0.1) is 0 Å². The first-order chi connectivity index (χ1) is 19.0. The molecule has 0 bridgehead atoms. The summed E-state index contributed by atoms with van der Waals surface area (Å²) in [6.45, 7) is 17.1. The van der Waals surface area contributed by atoms with Crippen LogP contribution < -0.4 is 9.80 Å². The highest BCUT2D eigenvalue weighted by Crippen LogP contribution is 2.27. The number of hydrogen-bond donors (Lipinski definition) is 0. The Morgan fingerprint density at radius 2 is 1.54 bits per heavy atom. The van der Waals surface area contributed by atoms with Gasteiger partial charge in [-0.1, -0.05) is 67.0 Å². The fourth-order valence-corrected chi connectivity index (χ4v) is 4.39. The van der Waals surface area contributed by atoms with E-state index in [9.17, 15) is 19.2 Å². The van der Waals surface area contributed by atoms with Crippen LogP contribution in [-0.4, -0.2) is 68.2 Å². The Labute approximate surface area is 241 Å². The first-order valence-corrected chi connectivity index (χ1v) is 14.6. The smallest absolute Gasteiger partial charge is 0.414 e. The first-order valence-electron chi connectivity index (χ1n) is 13.4. The number of nitrogens with zero attached hydrogens (tertiary/aromatic N) is 3. The molecule has 3 heterocycles. The molecule has 2 aliphatic rings. The summed E-state index contributed by atoms with van der Waals surface area (Å²) in [5, 5.41) is 0. The maximum absolute atomic E-state index is 12.5. The lowest BCUT2D eigenvalue weighted by Gasteiger charge is -2.27. The zero-order chi connectivity index (χ0) is 30.0. The van der Waals surface area contributed by atoms with Crippen molar-refractivity contribution in [3.05, 3.63) is 45.6 Å². The third-order valence-corrected chi connectivity index (χ3v) is 6.12. The summed E-state index contributed by atoms with van der Waals surface area (Å²) in [7, 11) is 0. The van der Waals surface area contributed by atoms with Crippen LogP contribution in [0.4, 0.5) is 16.2 Å². The number of carbonyl (C=O) groups excluding carboxylic acids is 4. The molecule has 0 saturated carbocycles. The molecule has 1 atom stereocenters. The van der Waals surface area contributed by atoms with Crippen LogP contribution in [0.5, 0.6) is 0 Å². The number of thiophene rings is 1. The molecular weight excluding hydrogens is 542 g/mol. The number of anilines is 2. The minimum Gasteiger partial charge on any atom is -0.442 e. The van der Waals surface area contributed by atoms with Gasteiger partial charge in [-0.05, 0) is 36.4 Å². The molecule has 1 unspecified atom stereocenters. The lowest BCUT2D eigenvalue weighted by atomic mass is 10.2. The quantitative estimate of drug-likeness (QED) is 0.360. The molecule has 39 heavy (non-hydrogen) atoms. The number of ether oxygens (including phenoxy) is 2. The number of cyclic esters (lactones) is 1. The largest absolute Gasteiger partial charge is 0.442 e. The highest BCUT2D eigenvalue weighted by Gasteiger charge is 2.35. The number of rotatable bonds is 6. The zero-order valence-electron chi connectivity index (χ0n) is 24.2. The predicted octanol–water partition coefficient (Wildman–Crippen LogP) is 6.49. The van der Waals surface area contributed by atoms with Crippen molar-refractivity contribution < 1.29 is 28.7 Å². The van der Waals surface area contributed by atoms with E-state index in [4.69, 9.17) is 21.1 Å². The van der Waals surface area contributed by atoms with Crippen molar-refractivity contribution >= 4 is 58.6 Å². The van der Waals surface area contributed by atoms with E-state index >= 15 is 0 Å². The predicted molar refractivity (Wildman–Crippen MR) is 159 cm³/mol. The van der Waals surface area contributed by atoms with Gasteiger partial charge in [0.25, 0.3) is 11.8 Å². The molecule has 4 amide bonds. The van der Waals surface area contributed by atoms with Crippen LogP contribution in [0.1, 0.15) is 65.1 Å². The maximum Gasteiger partial charge on any atom is 0.414 e. The van der Waals surface area contributed by atoms with Gasteiger partial charge < -0.3 is 14.4 Å². The normalized spacial score (nSPS) is 15.6. The second-order valence-electron chi connectivity index (χ2n) is 6.90. The SMILES string of the molecule is CC.CC.CC.CC.O=CN(CC1CN(c2ccc(N3CCOCC3=O)cc2)C(=O)O1)C(=O)c1ccc(Cl)s1. The van der Waals surface area contributed by atoms with Gasteiger partial charge in [-0.3, -0.25) is 24.2 Å². The lowest BCUT2D eigenvalue weighted by Crippen LogP contribution is -2.41. The van der Waals surface area contributed by atoms with E-state index in [1.807, 2.05) is 55.4 Å². The summed E-state index contributed by atoms with van der Waals surface area (Å²) in [5.74, 6) is -0.619. The minimum absolute atomic E-state index is 0.0471. The average molecular weight is 584 g/mol. The number of hydrogen-bond acceptors (Lipinski definition) is 7. The number of amides is 4. The van der Waals surface area contributed by atoms with Crippen LogP contribution in [0.2, 0.25) is 4.34 Å². The number of carbonyl (C=O) groups is 4. The number of morpholine rings is 1. The van der Waals surface area contributed by atoms with Crippen molar-refractivity contribution in [3.8, 4) is 0 Å². The van der Waals surface area contributed by atoms with Crippen LogP contribution in [0.3, 0.4) is 0 Å². The summed E-state index contributed by atoms with van der Waals surface area (Å²) in [5.41, 5.74) is 1.31. The first kappa shape index (κ1) is 36.0. The lowest BCUT2D eigenvalue weighted by molar-refractivity contribution is -0.125. The summed E-state index contributed by atoms with van der Waals surface area (Å²) in [6.07, 6.45) is -0.823.